The minimum absolute atomic E-state index is 0.123. The zero-order valence-corrected chi connectivity index (χ0v) is 17.9. The third-order valence-electron chi connectivity index (χ3n) is 3.98. The van der Waals surface area contributed by atoms with Crippen LogP contribution in [0.2, 0.25) is 5.02 Å². The van der Waals surface area contributed by atoms with Crippen molar-refractivity contribution < 1.29 is 19.1 Å². The van der Waals surface area contributed by atoms with E-state index in [0.29, 0.717) is 35.4 Å². The van der Waals surface area contributed by atoms with E-state index in [1.807, 2.05) is 0 Å². The fourth-order valence-corrected chi connectivity index (χ4v) is 2.36. The lowest BCUT2D eigenvalue weighted by Crippen LogP contribution is -2.26. The van der Waals surface area contributed by atoms with Crippen LogP contribution in [-0.2, 0) is 9.59 Å². The smallest absolute Gasteiger partial charge is 0.231 e. The number of anilines is 1. The summed E-state index contributed by atoms with van der Waals surface area (Å²) >= 11 is 6.30. The van der Waals surface area contributed by atoms with Crippen LogP contribution in [0.3, 0.4) is 0 Å². The van der Waals surface area contributed by atoms with Crippen molar-refractivity contribution in [1.29, 1.82) is 0 Å². The standard InChI is InChI=1S/C21H32ClNO4/c1-6-8-12-26-19-15(22)10-11-16(20(19)27-13-9-7-2)23-18(25)14-17(24)21(3,4)5/h10-11H,6-9,12-14H2,1-5H3,(H,23,25). The third kappa shape index (κ3) is 7.79. The number of ketones is 1. The van der Waals surface area contributed by atoms with Crippen molar-refractivity contribution in [2.45, 2.75) is 66.7 Å². The topological polar surface area (TPSA) is 64.6 Å². The van der Waals surface area contributed by atoms with Crippen LogP contribution in [0.25, 0.3) is 0 Å². The highest BCUT2D eigenvalue weighted by atomic mass is 35.5. The number of rotatable bonds is 11. The van der Waals surface area contributed by atoms with Crippen LogP contribution >= 0.6 is 11.6 Å². The van der Waals surface area contributed by atoms with Gasteiger partial charge in [-0.3, -0.25) is 9.59 Å². The molecule has 0 aromatic heterocycles. The lowest BCUT2D eigenvalue weighted by Gasteiger charge is -2.19. The molecule has 27 heavy (non-hydrogen) atoms. The number of benzene rings is 1. The predicted molar refractivity (Wildman–Crippen MR) is 110 cm³/mol. The first-order chi connectivity index (χ1) is 12.7. The summed E-state index contributed by atoms with van der Waals surface area (Å²) in [6, 6.07) is 3.34. The molecule has 1 aromatic rings. The molecule has 0 bridgehead atoms. The van der Waals surface area contributed by atoms with Crippen molar-refractivity contribution in [3.05, 3.63) is 17.2 Å². The molecule has 0 radical (unpaired) electrons. The molecule has 5 nitrogen and oxygen atoms in total. The molecule has 0 unspecified atom stereocenters. The van der Waals surface area contributed by atoms with Gasteiger partial charge in [0.2, 0.25) is 5.91 Å². The molecule has 0 atom stereocenters. The van der Waals surface area contributed by atoms with Crippen molar-refractivity contribution in [2.75, 3.05) is 18.5 Å². The molecule has 0 aliphatic rings. The van der Waals surface area contributed by atoms with Crippen molar-refractivity contribution in [3.8, 4) is 11.5 Å². The summed E-state index contributed by atoms with van der Waals surface area (Å²) in [5.41, 5.74) is -0.0969. The zero-order valence-electron chi connectivity index (χ0n) is 17.1. The maximum absolute atomic E-state index is 12.3. The quantitative estimate of drug-likeness (QED) is 0.387. The molecule has 1 rings (SSSR count). The number of carbonyl (C=O) groups excluding carboxylic acids is 2. The summed E-state index contributed by atoms with van der Waals surface area (Å²) in [7, 11) is 0. The van der Waals surface area contributed by atoms with E-state index in [2.05, 4.69) is 19.2 Å². The van der Waals surface area contributed by atoms with Crippen molar-refractivity contribution >= 4 is 29.0 Å². The van der Waals surface area contributed by atoms with E-state index in [1.165, 1.54) is 0 Å². The lowest BCUT2D eigenvalue weighted by atomic mass is 9.89. The van der Waals surface area contributed by atoms with E-state index in [0.717, 1.165) is 25.7 Å². The van der Waals surface area contributed by atoms with Gasteiger partial charge in [0.1, 0.15) is 5.78 Å². The molecular weight excluding hydrogens is 366 g/mol. The molecule has 0 fully saturated rings. The molecule has 0 saturated carbocycles. The summed E-state index contributed by atoms with van der Waals surface area (Å²) in [6.45, 7) is 10.5. The zero-order chi connectivity index (χ0) is 20.4. The van der Waals surface area contributed by atoms with Crippen LogP contribution in [0.4, 0.5) is 5.69 Å². The number of nitrogens with one attached hydrogen (secondary N) is 1. The predicted octanol–water partition coefficient (Wildman–Crippen LogP) is 5.64. The van der Waals surface area contributed by atoms with Gasteiger partial charge in [0, 0.05) is 5.41 Å². The number of Topliss-reactive ketones (excluding diaryl/α,β-unsaturated/α-hetero) is 1. The third-order valence-corrected chi connectivity index (χ3v) is 4.28. The average Bonchev–Trinajstić information content (AvgIpc) is 2.58. The second-order valence-electron chi connectivity index (χ2n) is 7.56. The van der Waals surface area contributed by atoms with Gasteiger partial charge in [-0.1, -0.05) is 59.1 Å². The molecule has 0 saturated heterocycles. The highest BCUT2D eigenvalue weighted by Crippen LogP contribution is 2.41. The number of amides is 1. The Bertz CT molecular complexity index is 638. The van der Waals surface area contributed by atoms with Crippen LogP contribution in [0.15, 0.2) is 12.1 Å². The van der Waals surface area contributed by atoms with Gasteiger partial charge in [-0.2, -0.15) is 0 Å². The van der Waals surface area contributed by atoms with E-state index in [9.17, 15) is 9.59 Å². The highest BCUT2D eigenvalue weighted by Gasteiger charge is 2.25. The van der Waals surface area contributed by atoms with Crippen LogP contribution < -0.4 is 14.8 Å². The number of hydrogen-bond donors (Lipinski definition) is 1. The molecule has 6 heteroatoms. The van der Waals surface area contributed by atoms with Gasteiger partial charge in [-0.25, -0.2) is 0 Å². The maximum atomic E-state index is 12.3. The summed E-state index contributed by atoms with van der Waals surface area (Å²) in [5, 5.41) is 3.21. The first kappa shape index (κ1) is 23.3. The van der Waals surface area contributed by atoms with Gasteiger partial charge < -0.3 is 14.8 Å². The first-order valence-corrected chi connectivity index (χ1v) is 9.99. The monoisotopic (exact) mass is 397 g/mol. The van der Waals surface area contributed by atoms with E-state index >= 15 is 0 Å². The van der Waals surface area contributed by atoms with Crippen molar-refractivity contribution in [2.24, 2.45) is 5.41 Å². The Kier molecular flexibility index (Phi) is 9.64. The van der Waals surface area contributed by atoms with Crippen LogP contribution in [0.1, 0.15) is 66.7 Å². The lowest BCUT2D eigenvalue weighted by molar-refractivity contribution is -0.130. The summed E-state index contributed by atoms with van der Waals surface area (Å²) in [6.07, 6.45) is 3.55. The Hall–Kier alpha value is -1.75. The summed E-state index contributed by atoms with van der Waals surface area (Å²) in [4.78, 5) is 24.5. The maximum Gasteiger partial charge on any atom is 0.231 e. The number of hydrogen-bond acceptors (Lipinski definition) is 4. The van der Waals surface area contributed by atoms with E-state index in [4.69, 9.17) is 21.1 Å². The molecule has 0 aliphatic carbocycles. The number of halogens is 1. The molecule has 1 aromatic carbocycles. The minimum atomic E-state index is -0.563. The molecular formula is C21H32ClNO4. The minimum Gasteiger partial charge on any atom is -0.488 e. The second kappa shape index (κ2) is 11.2. The number of carbonyl (C=O) groups is 2. The molecule has 1 amide bonds. The average molecular weight is 398 g/mol. The van der Waals surface area contributed by atoms with Crippen LogP contribution in [-0.4, -0.2) is 24.9 Å². The molecule has 0 heterocycles. The van der Waals surface area contributed by atoms with Gasteiger partial charge in [0.25, 0.3) is 0 Å². The Morgan fingerprint density at radius 3 is 2.07 bits per heavy atom. The van der Waals surface area contributed by atoms with Gasteiger partial charge in [-0.15, -0.1) is 0 Å². The summed E-state index contributed by atoms with van der Waals surface area (Å²) in [5.74, 6) is 0.351. The van der Waals surface area contributed by atoms with Crippen molar-refractivity contribution in [3.63, 3.8) is 0 Å². The van der Waals surface area contributed by atoms with E-state index in [-0.39, 0.29) is 18.1 Å². The Labute approximate surface area is 167 Å². The fourth-order valence-electron chi connectivity index (χ4n) is 2.16. The molecule has 0 aliphatic heterocycles. The van der Waals surface area contributed by atoms with Crippen molar-refractivity contribution in [1.82, 2.24) is 0 Å². The van der Waals surface area contributed by atoms with Gasteiger partial charge >= 0.3 is 0 Å². The fraction of sp³-hybridized carbons (Fsp3) is 0.619. The van der Waals surface area contributed by atoms with Gasteiger partial charge in [0.15, 0.2) is 11.5 Å². The Balaban J connectivity index is 3.03. The first-order valence-electron chi connectivity index (χ1n) is 9.61. The SMILES string of the molecule is CCCCOc1c(Cl)ccc(NC(=O)CC(=O)C(C)(C)C)c1OCCCC. The number of unbranched alkanes of at least 4 members (excludes halogenated alkanes) is 2. The largest absolute Gasteiger partial charge is 0.488 e. The normalized spacial score (nSPS) is 11.2. The van der Waals surface area contributed by atoms with Crippen LogP contribution in [0, 0.1) is 5.41 Å². The molecule has 1 N–H and O–H groups in total. The molecule has 0 spiro atoms. The number of ether oxygens (including phenoxy) is 2. The van der Waals surface area contributed by atoms with Gasteiger partial charge in [0.05, 0.1) is 30.3 Å². The highest BCUT2D eigenvalue weighted by molar-refractivity contribution is 6.32. The molecule has 152 valence electrons. The van der Waals surface area contributed by atoms with E-state index < -0.39 is 5.41 Å². The summed E-state index contributed by atoms with van der Waals surface area (Å²) < 4.78 is 11.7. The van der Waals surface area contributed by atoms with Gasteiger partial charge in [-0.05, 0) is 25.0 Å². The second-order valence-corrected chi connectivity index (χ2v) is 7.96. The van der Waals surface area contributed by atoms with E-state index in [1.54, 1.807) is 32.9 Å². The Morgan fingerprint density at radius 1 is 1.00 bits per heavy atom. The Morgan fingerprint density at radius 2 is 1.56 bits per heavy atom. The van der Waals surface area contributed by atoms with Crippen LogP contribution in [0.5, 0.6) is 11.5 Å².